The number of hydrogen-bond acceptors (Lipinski definition) is 4. The van der Waals surface area contributed by atoms with Crippen LogP contribution in [0.3, 0.4) is 0 Å². The summed E-state index contributed by atoms with van der Waals surface area (Å²) in [7, 11) is 3.11. The Morgan fingerprint density at radius 3 is 2.26 bits per heavy atom. The first kappa shape index (κ1) is 21.0. The normalized spacial score (nSPS) is 13.2. The molecule has 1 amide bonds. The zero-order valence-corrected chi connectivity index (χ0v) is 17.1. The summed E-state index contributed by atoms with van der Waals surface area (Å²) in [5.74, 6) is 1.15. The van der Waals surface area contributed by atoms with Gasteiger partial charge in [0.15, 0.2) is 17.3 Å². The highest BCUT2D eigenvalue weighted by molar-refractivity contribution is 6.34. The van der Waals surface area contributed by atoms with Crippen LogP contribution in [-0.4, -0.2) is 32.5 Å². The number of allylic oxidation sites excluding steroid dienone is 1. The molecule has 5 nitrogen and oxygen atoms in total. The van der Waals surface area contributed by atoms with E-state index in [1.165, 1.54) is 0 Å². The molecule has 0 atom stereocenters. The van der Waals surface area contributed by atoms with Crippen LogP contribution in [-0.2, 0) is 4.79 Å². The lowest BCUT2D eigenvalue weighted by Crippen LogP contribution is -2.28. The standard InChI is InChI=1S/C22H31NO4/c1-6-7-11-23-22(25)20-15(10-8-9-14(2)3)16-12-18(26-4)19(27-5)13-17(16)21(20)24/h12-14H,6-11H2,1-5H3,(H,23,25). The molecule has 0 heterocycles. The van der Waals surface area contributed by atoms with Gasteiger partial charge in [0.2, 0.25) is 0 Å². The number of ether oxygens (including phenoxy) is 2. The maximum absolute atomic E-state index is 13.0. The van der Waals surface area contributed by atoms with Crippen molar-refractivity contribution in [2.24, 2.45) is 5.92 Å². The molecule has 27 heavy (non-hydrogen) atoms. The maximum atomic E-state index is 13.0. The van der Waals surface area contributed by atoms with E-state index in [1.807, 2.05) is 6.07 Å². The van der Waals surface area contributed by atoms with Crippen molar-refractivity contribution in [2.45, 2.75) is 52.9 Å². The number of Topliss-reactive ketones (excluding diaryl/α,β-unsaturated/α-hetero) is 1. The van der Waals surface area contributed by atoms with Crippen LogP contribution in [0.1, 0.15) is 68.8 Å². The highest BCUT2D eigenvalue weighted by Crippen LogP contribution is 2.42. The van der Waals surface area contributed by atoms with Gasteiger partial charge in [-0.3, -0.25) is 9.59 Å². The number of amides is 1. The van der Waals surface area contributed by atoms with Gasteiger partial charge in [-0.1, -0.05) is 33.6 Å². The number of hydrogen-bond donors (Lipinski definition) is 1. The Labute approximate surface area is 162 Å². The van der Waals surface area contributed by atoms with Crippen molar-refractivity contribution in [1.82, 2.24) is 5.32 Å². The molecule has 0 bridgehead atoms. The maximum Gasteiger partial charge on any atom is 0.255 e. The van der Waals surface area contributed by atoms with E-state index in [1.54, 1.807) is 20.3 Å². The van der Waals surface area contributed by atoms with E-state index in [4.69, 9.17) is 9.47 Å². The van der Waals surface area contributed by atoms with Crippen molar-refractivity contribution < 1.29 is 19.1 Å². The molecule has 0 saturated heterocycles. The van der Waals surface area contributed by atoms with Gasteiger partial charge in [-0.25, -0.2) is 0 Å². The van der Waals surface area contributed by atoms with Gasteiger partial charge in [-0.15, -0.1) is 0 Å². The van der Waals surface area contributed by atoms with Crippen LogP contribution in [0.25, 0.3) is 5.57 Å². The van der Waals surface area contributed by atoms with Crippen molar-refractivity contribution >= 4 is 17.3 Å². The smallest absolute Gasteiger partial charge is 0.255 e. The molecule has 0 aromatic heterocycles. The van der Waals surface area contributed by atoms with Crippen LogP contribution in [0.2, 0.25) is 0 Å². The predicted octanol–water partition coefficient (Wildman–Crippen LogP) is 4.40. The number of unbranched alkanes of at least 4 members (excludes halogenated alkanes) is 1. The van der Waals surface area contributed by atoms with E-state index >= 15 is 0 Å². The molecule has 1 N–H and O–H groups in total. The first-order chi connectivity index (χ1) is 12.9. The van der Waals surface area contributed by atoms with Crippen molar-refractivity contribution in [2.75, 3.05) is 20.8 Å². The van der Waals surface area contributed by atoms with Gasteiger partial charge in [-0.05, 0) is 48.4 Å². The molecule has 1 aliphatic rings. The molecule has 0 saturated carbocycles. The third kappa shape index (κ3) is 4.71. The average molecular weight is 373 g/mol. The highest BCUT2D eigenvalue weighted by Gasteiger charge is 2.34. The molecule has 0 radical (unpaired) electrons. The number of ketones is 1. The third-order valence-electron chi connectivity index (χ3n) is 4.87. The van der Waals surface area contributed by atoms with Crippen LogP contribution in [0.5, 0.6) is 11.5 Å². The lowest BCUT2D eigenvalue weighted by Gasteiger charge is -2.12. The molecular weight excluding hydrogens is 342 g/mol. The number of nitrogens with one attached hydrogen (secondary N) is 1. The van der Waals surface area contributed by atoms with Crippen LogP contribution in [0, 0.1) is 5.92 Å². The minimum absolute atomic E-state index is 0.223. The molecule has 148 valence electrons. The fraction of sp³-hybridized carbons (Fsp3) is 0.545. The number of methoxy groups -OCH3 is 2. The lowest BCUT2D eigenvalue weighted by atomic mass is 9.96. The third-order valence-corrected chi connectivity index (χ3v) is 4.87. The zero-order valence-electron chi connectivity index (χ0n) is 17.1. The molecule has 1 aromatic carbocycles. The summed E-state index contributed by atoms with van der Waals surface area (Å²) in [5, 5.41) is 2.90. The van der Waals surface area contributed by atoms with Gasteiger partial charge in [0.25, 0.3) is 5.91 Å². The molecule has 0 unspecified atom stereocenters. The number of benzene rings is 1. The minimum atomic E-state index is -0.276. The molecule has 1 aromatic rings. The van der Waals surface area contributed by atoms with E-state index in [2.05, 4.69) is 26.1 Å². The zero-order chi connectivity index (χ0) is 20.0. The van der Waals surface area contributed by atoms with E-state index in [0.29, 0.717) is 35.9 Å². The first-order valence-electron chi connectivity index (χ1n) is 9.76. The number of carbonyl (C=O) groups is 2. The summed E-state index contributed by atoms with van der Waals surface area (Å²) >= 11 is 0. The van der Waals surface area contributed by atoms with Gasteiger partial charge >= 0.3 is 0 Å². The number of fused-ring (bicyclic) bond motifs is 1. The van der Waals surface area contributed by atoms with E-state index in [0.717, 1.165) is 36.8 Å². The quantitative estimate of drug-likeness (QED) is 0.488. The Kier molecular flexibility index (Phi) is 7.45. The molecular formula is C22H31NO4. The summed E-state index contributed by atoms with van der Waals surface area (Å²) in [5.41, 5.74) is 2.42. The van der Waals surface area contributed by atoms with Gasteiger partial charge in [-0.2, -0.15) is 0 Å². The Balaban J connectivity index is 2.42. The van der Waals surface area contributed by atoms with Crippen molar-refractivity contribution in [3.05, 3.63) is 28.8 Å². The summed E-state index contributed by atoms with van der Waals surface area (Å²) < 4.78 is 10.7. The topological polar surface area (TPSA) is 64.6 Å². The second kappa shape index (κ2) is 9.58. The van der Waals surface area contributed by atoms with Crippen LogP contribution >= 0.6 is 0 Å². The lowest BCUT2D eigenvalue weighted by molar-refractivity contribution is -0.117. The van der Waals surface area contributed by atoms with Gasteiger partial charge in [0.1, 0.15) is 0 Å². The second-order valence-electron chi connectivity index (χ2n) is 7.33. The van der Waals surface area contributed by atoms with E-state index < -0.39 is 0 Å². The van der Waals surface area contributed by atoms with Crippen molar-refractivity contribution in [3.63, 3.8) is 0 Å². The molecule has 0 aliphatic heterocycles. The van der Waals surface area contributed by atoms with Crippen LogP contribution in [0.15, 0.2) is 17.7 Å². The summed E-state index contributed by atoms with van der Waals surface area (Å²) in [6.45, 7) is 7.00. The fourth-order valence-corrected chi connectivity index (χ4v) is 3.38. The van der Waals surface area contributed by atoms with E-state index in [-0.39, 0.29) is 17.3 Å². The Bertz CT molecular complexity index is 734. The monoisotopic (exact) mass is 373 g/mol. The Morgan fingerprint density at radius 1 is 1.07 bits per heavy atom. The SMILES string of the molecule is CCCCNC(=O)C1=C(CCCC(C)C)c2cc(OC)c(OC)cc2C1=O. The minimum Gasteiger partial charge on any atom is -0.493 e. The summed E-state index contributed by atoms with van der Waals surface area (Å²) in [4.78, 5) is 25.8. The first-order valence-corrected chi connectivity index (χ1v) is 9.76. The molecule has 0 spiro atoms. The van der Waals surface area contributed by atoms with Crippen molar-refractivity contribution in [1.29, 1.82) is 0 Å². The largest absolute Gasteiger partial charge is 0.493 e. The molecule has 1 aliphatic carbocycles. The molecule has 5 heteroatoms. The average Bonchev–Trinajstić information content (AvgIpc) is 2.91. The Hall–Kier alpha value is -2.30. The Morgan fingerprint density at radius 2 is 1.70 bits per heavy atom. The number of rotatable bonds is 10. The van der Waals surface area contributed by atoms with Gasteiger partial charge < -0.3 is 14.8 Å². The van der Waals surface area contributed by atoms with Gasteiger partial charge in [0, 0.05) is 12.1 Å². The van der Waals surface area contributed by atoms with Gasteiger partial charge in [0.05, 0.1) is 19.8 Å². The summed E-state index contributed by atoms with van der Waals surface area (Å²) in [6.07, 6.45) is 4.56. The van der Waals surface area contributed by atoms with E-state index in [9.17, 15) is 9.59 Å². The summed E-state index contributed by atoms with van der Waals surface area (Å²) in [6, 6.07) is 3.51. The second-order valence-corrected chi connectivity index (χ2v) is 7.33. The fourth-order valence-electron chi connectivity index (χ4n) is 3.38. The van der Waals surface area contributed by atoms with Crippen LogP contribution in [0.4, 0.5) is 0 Å². The van der Waals surface area contributed by atoms with Crippen LogP contribution < -0.4 is 14.8 Å². The van der Waals surface area contributed by atoms with Crippen molar-refractivity contribution in [3.8, 4) is 11.5 Å². The predicted molar refractivity (Wildman–Crippen MR) is 107 cm³/mol. The highest BCUT2D eigenvalue weighted by atomic mass is 16.5. The molecule has 2 rings (SSSR count). The number of carbonyl (C=O) groups excluding carboxylic acids is 2. The molecule has 0 fully saturated rings.